The Bertz CT molecular complexity index is 828. The molecule has 0 aliphatic rings. The van der Waals surface area contributed by atoms with Gasteiger partial charge < -0.3 is 10.1 Å². The number of hydrogen-bond acceptors (Lipinski definition) is 4. The number of pyridine rings is 1. The monoisotopic (exact) mass is 521 g/mol. The largest absolute Gasteiger partial charge is 0.477 e. The van der Waals surface area contributed by atoms with Crippen molar-refractivity contribution in [2.24, 2.45) is 0 Å². The van der Waals surface area contributed by atoms with Crippen LogP contribution in [0.1, 0.15) is 16.2 Å². The van der Waals surface area contributed by atoms with Crippen LogP contribution >= 0.6 is 0 Å². The summed E-state index contributed by atoms with van der Waals surface area (Å²) in [6, 6.07) is 9.10. The van der Waals surface area contributed by atoms with E-state index in [0.29, 0.717) is 11.4 Å². The number of nitrogens with zero attached hydrogens (tertiary/aromatic N) is 3. The Kier molecular flexibility index (Phi) is 7.91. The molecule has 2 heterocycles. The van der Waals surface area contributed by atoms with E-state index in [9.17, 15) is 13.6 Å². The fourth-order valence-corrected chi connectivity index (χ4v) is 1.79. The molecule has 0 bridgehead atoms. The van der Waals surface area contributed by atoms with Gasteiger partial charge in [-0.2, -0.15) is 0 Å². The van der Waals surface area contributed by atoms with Gasteiger partial charge in [0.25, 0.3) is 0 Å². The van der Waals surface area contributed by atoms with E-state index in [2.05, 4.69) is 21.0 Å². The van der Waals surface area contributed by atoms with Crippen molar-refractivity contribution >= 4 is 5.97 Å². The number of rotatable bonds is 2. The first-order valence-corrected chi connectivity index (χ1v) is 6.78. The number of carboxylic acids is 1. The van der Waals surface area contributed by atoms with Crippen LogP contribution in [-0.4, -0.2) is 26.0 Å². The summed E-state index contributed by atoms with van der Waals surface area (Å²) >= 11 is 0. The maximum absolute atomic E-state index is 12.9. The van der Waals surface area contributed by atoms with Crippen molar-refractivity contribution in [3.63, 3.8) is 0 Å². The number of aromatic nitrogens is 3. The molecule has 8 heteroatoms. The zero-order valence-corrected chi connectivity index (χ0v) is 15.3. The molecule has 3 rings (SSSR count). The summed E-state index contributed by atoms with van der Waals surface area (Å²) in [4.78, 5) is 21.7. The molecule has 0 saturated carbocycles. The van der Waals surface area contributed by atoms with Crippen molar-refractivity contribution in [1.29, 1.82) is 0 Å². The van der Waals surface area contributed by atoms with Gasteiger partial charge in [-0.1, -0.05) is 12.1 Å². The zero-order valence-electron chi connectivity index (χ0n) is 12.9. The summed E-state index contributed by atoms with van der Waals surface area (Å²) < 4.78 is 25.8. The first-order chi connectivity index (χ1) is 11.5. The van der Waals surface area contributed by atoms with E-state index in [-0.39, 0.29) is 31.4 Å². The number of aryl methyl sites for hydroxylation is 1. The third-order valence-electron chi connectivity index (χ3n) is 2.82. The van der Waals surface area contributed by atoms with E-state index in [1.165, 1.54) is 30.7 Å². The van der Waals surface area contributed by atoms with Crippen molar-refractivity contribution in [2.45, 2.75) is 6.92 Å². The Labute approximate surface area is 156 Å². The van der Waals surface area contributed by atoms with Gasteiger partial charge in [0.15, 0.2) is 0 Å². The van der Waals surface area contributed by atoms with E-state index < -0.39 is 17.6 Å². The Hall–Kier alpha value is -2.57. The number of halogens is 2. The summed E-state index contributed by atoms with van der Waals surface area (Å²) in [5.74, 6) is -2.38. The fourth-order valence-electron chi connectivity index (χ4n) is 1.79. The van der Waals surface area contributed by atoms with Gasteiger partial charge in [-0.25, -0.2) is 18.6 Å². The SMILES string of the molecule is Cc1nccnc1-c1[c-]c(F)cc(F)c1.O=C(O)c1ccccn1.[Ir]. The van der Waals surface area contributed by atoms with Crippen LogP contribution in [0.3, 0.4) is 0 Å². The average Bonchev–Trinajstić information content (AvgIpc) is 2.56. The minimum atomic E-state index is -0.990. The summed E-state index contributed by atoms with van der Waals surface area (Å²) in [5.41, 5.74) is 1.41. The van der Waals surface area contributed by atoms with Gasteiger partial charge in [0, 0.05) is 61.7 Å². The second-order valence-electron chi connectivity index (χ2n) is 4.57. The predicted octanol–water partition coefficient (Wildman–Crippen LogP) is 3.31. The molecule has 0 aliphatic heterocycles. The molecule has 5 nitrogen and oxygen atoms in total. The van der Waals surface area contributed by atoms with E-state index in [1.807, 2.05) is 0 Å². The normalized spacial score (nSPS) is 9.40. The Balaban J connectivity index is 0.000000270. The molecule has 1 radical (unpaired) electrons. The molecule has 25 heavy (non-hydrogen) atoms. The summed E-state index contributed by atoms with van der Waals surface area (Å²) in [7, 11) is 0. The van der Waals surface area contributed by atoms with Crippen LogP contribution in [-0.2, 0) is 20.1 Å². The quantitative estimate of drug-likeness (QED) is 0.525. The van der Waals surface area contributed by atoms with E-state index >= 15 is 0 Å². The number of carboxylic acid groups (broad SMARTS) is 1. The number of aromatic carboxylic acids is 1. The standard InChI is InChI=1S/C11H7F2N2.C6H5NO2.Ir/c1-7-11(15-3-2-14-7)8-4-9(12)6-10(13)5-8;8-6(9)5-3-1-2-4-7-5;/h2-4,6H,1H3;1-4H,(H,8,9);/q-1;;. The van der Waals surface area contributed by atoms with Crippen LogP contribution in [0.25, 0.3) is 11.3 Å². The van der Waals surface area contributed by atoms with Crippen molar-refractivity contribution in [3.8, 4) is 11.3 Å². The minimum absolute atomic E-state index is 0. The van der Waals surface area contributed by atoms with Crippen LogP contribution in [0.5, 0.6) is 0 Å². The second kappa shape index (κ2) is 9.66. The van der Waals surface area contributed by atoms with Gasteiger partial charge in [-0.15, -0.1) is 17.7 Å². The van der Waals surface area contributed by atoms with E-state index in [1.54, 1.807) is 19.1 Å². The molecule has 0 amide bonds. The summed E-state index contributed by atoms with van der Waals surface area (Å²) in [6.45, 7) is 1.72. The van der Waals surface area contributed by atoms with Crippen molar-refractivity contribution in [1.82, 2.24) is 15.0 Å². The van der Waals surface area contributed by atoms with Gasteiger partial charge in [-0.3, -0.25) is 4.98 Å². The van der Waals surface area contributed by atoms with Crippen LogP contribution in [0.4, 0.5) is 8.78 Å². The Morgan fingerprint density at radius 1 is 1.08 bits per heavy atom. The second-order valence-corrected chi connectivity index (χ2v) is 4.57. The molecule has 1 aromatic carbocycles. The molecule has 0 spiro atoms. The van der Waals surface area contributed by atoms with Crippen LogP contribution in [0.2, 0.25) is 0 Å². The van der Waals surface area contributed by atoms with E-state index in [0.717, 1.165) is 6.07 Å². The zero-order chi connectivity index (χ0) is 17.5. The molecule has 3 aromatic rings. The molecule has 0 fully saturated rings. The van der Waals surface area contributed by atoms with Crippen molar-refractivity contribution in [3.05, 3.63) is 78.0 Å². The van der Waals surface area contributed by atoms with Crippen LogP contribution < -0.4 is 0 Å². The molecular formula is C17H12F2IrN3O2-. The number of benzene rings is 1. The van der Waals surface area contributed by atoms with Gasteiger partial charge >= 0.3 is 5.97 Å². The molecule has 131 valence electrons. The fraction of sp³-hybridized carbons (Fsp3) is 0.0588. The first kappa shape index (κ1) is 20.5. The van der Waals surface area contributed by atoms with Gasteiger partial charge in [0.2, 0.25) is 0 Å². The molecule has 0 aliphatic carbocycles. The topological polar surface area (TPSA) is 76.0 Å². The molecule has 1 N–H and O–H groups in total. The van der Waals surface area contributed by atoms with Crippen LogP contribution in [0, 0.1) is 24.6 Å². The molecule has 0 saturated heterocycles. The molecule has 0 unspecified atom stereocenters. The Morgan fingerprint density at radius 2 is 1.80 bits per heavy atom. The third kappa shape index (κ3) is 6.10. The van der Waals surface area contributed by atoms with Gasteiger partial charge in [0.05, 0.1) is 0 Å². The maximum Gasteiger partial charge on any atom is 0.354 e. The summed E-state index contributed by atoms with van der Waals surface area (Å²) in [5, 5.41) is 8.32. The Morgan fingerprint density at radius 3 is 2.32 bits per heavy atom. The minimum Gasteiger partial charge on any atom is -0.477 e. The van der Waals surface area contributed by atoms with Crippen molar-refractivity contribution in [2.75, 3.05) is 0 Å². The van der Waals surface area contributed by atoms with Crippen molar-refractivity contribution < 1.29 is 38.8 Å². The van der Waals surface area contributed by atoms with Gasteiger partial charge in [-0.05, 0) is 19.1 Å². The predicted molar refractivity (Wildman–Crippen MR) is 82.2 cm³/mol. The van der Waals surface area contributed by atoms with E-state index in [4.69, 9.17) is 5.11 Å². The smallest absolute Gasteiger partial charge is 0.354 e. The molecule has 0 atom stereocenters. The molecule has 2 aromatic heterocycles. The first-order valence-electron chi connectivity index (χ1n) is 6.78. The average molecular weight is 521 g/mol. The third-order valence-corrected chi connectivity index (χ3v) is 2.82. The van der Waals surface area contributed by atoms with Gasteiger partial charge in [0.1, 0.15) is 5.69 Å². The summed E-state index contributed by atoms with van der Waals surface area (Å²) in [6.07, 6.45) is 4.44. The maximum atomic E-state index is 12.9. The number of hydrogen-bond donors (Lipinski definition) is 1. The molecular weight excluding hydrogens is 508 g/mol. The number of carbonyl (C=O) groups is 1. The van der Waals surface area contributed by atoms with Crippen LogP contribution in [0.15, 0.2) is 48.9 Å².